The Morgan fingerprint density at radius 2 is 1.25 bits per heavy atom. The van der Waals surface area contributed by atoms with Crippen LogP contribution in [0.25, 0.3) is 22.1 Å². The van der Waals surface area contributed by atoms with Gasteiger partial charge in [0.1, 0.15) is 55.6 Å². The maximum Gasteiger partial charge on any atom is 0.410 e. The first-order chi connectivity index (χ1) is 26.6. The predicted molar refractivity (Wildman–Crippen MR) is 217 cm³/mol. The highest BCUT2D eigenvalue weighted by Crippen LogP contribution is 2.33. The first-order valence-electron chi connectivity index (χ1n) is 17.9. The number of pyridine rings is 4. The average Bonchev–Trinajstić information content (AvgIpc) is 3.11. The number of amides is 2. The third-order valence-corrected chi connectivity index (χ3v) is 8.98. The molecule has 18 nitrogen and oxygen atoms in total. The number of hydrogen-bond acceptors (Lipinski definition) is 14. The molecule has 0 spiro atoms. The fourth-order valence-corrected chi connectivity index (χ4v) is 6.29. The Balaban J connectivity index is 0.000000209. The summed E-state index contributed by atoms with van der Waals surface area (Å²) in [5.41, 5.74) is 6.10. The van der Waals surface area contributed by atoms with Crippen molar-refractivity contribution in [1.82, 2.24) is 29.7 Å². The van der Waals surface area contributed by atoms with Crippen molar-refractivity contribution in [2.75, 3.05) is 31.5 Å². The van der Waals surface area contributed by atoms with Gasteiger partial charge in [-0.1, -0.05) is 34.8 Å². The Morgan fingerprint density at radius 1 is 0.772 bits per heavy atom. The molecule has 2 aliphatic rings. The second-order valence-corrected chi connectivity index (χ2v) is 16.4. The summed E-state index contributed by atoms with van der Waals surface area (Å²) in [7, 11) is 0. The van der Waals surface area contributed by atoms with Gasteiger partial charge in [-0.3, -0.25) is 20.2 Å². The molecule has 2 aliphatic heterocycles. The van der Waals surface area contributed by atoms with E-state index in [4.69, 9.17) is 50.0 Å². The molecule has 2 fully saturated rings. The number of rotatable bonds is 4. The Morgan fingerprint density at radius 3 is 1.75 bits per heavy atom. The first-order valence-corrected chi connectivity index (χ1v) is 19.1. The zero-order valence-corrected chi connectivity index (χ0v) is 34.6. The van der Waals surface area contributed by atoms with Crippen LogP contribution in [0.5, 0.6) is 0 Å². The largest absolute Gasteiger partial charge is 0.444 e. The Bertz CT molecular complexity index is 2120. The number of hydrogen-bond donors (Lipinski definition) is 2. The van der Waals surface area contributed by atoms with Gasteiger partial charge in [0.15, 0.2) is 0 Å². The van der Waals surface area contributed by atoms with Crippen molar-refractivity contribution in [2.45, 2.75) is 90.5 Å². The fraction of sp³-hybridized carbons (Fsp3) is 0.500. The van der Waals surface area contributed by atoms with Crippen LogP contribution < -0.4 is 11.1 Å². The van der Waals surface area contributed by atoms with Gasteiger partial charge < -0.3 is 30.3 Å². The van der Waals surface area contributed by atoms with E-state index < -0.39 is 27.1 Å². The molecule has 21 heteroatoms. The molecule has 0 aliphatic carbocycles. The summed E-state index contributed by atoms with van der Waals surface area (Å²) >= 11 is 17.4. The van der Waals surface area contributed by atoms with Crippen LogP contribution >= 0.6 is 34.8 Å². The van der Waals surface area contributed by atoms with E-state index in [-0.39, 0.29) is 56.1 Å². The third-order valence-electron chi connectivity index (χ3n) is 8.18. The average molecular weight is 852 g/mol. The lowest BCUT2D eigenvalue weighted by atomic mass is 10.1. The van der Waals surface area contributed by atoms with Crippen molar-refractivity contribution in [2.24, 2.45) is 5.73 Å². The lowest BCUT2D eigenvalue weighted by molar-refractivity contribution is -0.384. The van der Waals surface area contributed by atoms with Crippen LogP contribution in [-0.2, 0) is 9.47 Å². The molecular formula is C36H45Cl3N10O8. The Kier molecular flexibility index (Phi) is 15.0. The monoisotopic (exact) mass is 850 g/mol. The number of nitrogens with one attached hydrogen (secondary N) is 1. The predicted octanol–water partition coefficient (Wildman–Crippen LogP) is 8.19. The van der Waals surface area contributed by atoms with Crippen LogP contribution in [-0.4, -0.2) is 101 Å². The van der Waals surface area contributed by atoms with Gasteiger partial charge in [0, 0.05) is 38.3 Å². The van der Waals surface area contributed by atoms with E-state index in [9.17, 15) is 29.8 Å². The van der Waals surface area contributed by atoms with Gasteiger partial charge >= 0.3 is 23.6 Å². The van der Waals surface area contributed by atoms with Gasteiger partial charge in [-0.25, -0.2) is 29.5 Å². The molecule has 6 heterocycles. The number of anilines is 1. The van der Waals surface area contributed by atoms with Crippen LogP contribution in [0.4, 0.5) is 26.7 Å². The molecule has 3 N–H and O–H groups in total. The minimum absolute atomic E-state index is 0.0486. The number of likely N-dealkylation sites (tertiary alicyclic amines) is 2. The number of ether oxygens (including phenoxy) is 2. The molecule has 6 rings (SSSR count). The summed E-state index contributed by atoms with van der Waals surface area (Å²) in [5.74, 6) is 0. The second-order valence-electron chi connectivity index (χ2n) is 15.2. The van der Waals surface area contributed by atoms with Crippen molar-refractivity contribution in [3.8, 4) is 0 Å². The third kappa shape index (κ3) is 13.1. The first kappa shape index (κ1) is 44.8. The lowest BCUT2D eigenvalue weighted by Gasteiger charge is -2.34. The minimum atomic E-state index is -0.614. The number of aromatic nitrogens is 4. The fourth-order valence-electron chi connectivity index (χ4n) is 5.74. The Hall–Kier alpha value is -4.91. The second kappa shape index (κ2) is 19.0. The SMILES string of the molecule is CC(C)(C)OC(=O)N1CCCC(N)C1.CC(C)(C)OC(=O)N1CCCC(Nc2c([N+](=O)[O-])cnc3ccc(Cl)nc23)C1.O=[N+]([O-])c1cnc2ccc(Cl)nc2c1Cl. The number of carbonyl (C=O) groups is 2. The highest BCUT2D eigenvalue weighted by atomic mass is 35.5. The zero-order valence-electron chi connectivity index (χ0n) is 32.3. The summed E-state index contributed by atoms with van der Waals surface area (Å²) in [4.78, 5) is 64.3. The number of carbonyl (C=O) groups excluding carboxylic acids is 2. The number of fused-ring (bicyclic) bond motifs is 2. The molecule has 2 atom stereocenters. The number of nitro groups is 2. The van der Waals surface area contributed by atoms with Gasteiger partial charge in [0.05, 0.1) is 20.9 Å². The van der Waals surface area contributed by atoms with Gasteiger partial charge in [0.25, 0.3) is 0 Å². The smallest absolute Gasteiger partial charge is 0.410 e. The van der Waals surface area contributed by atoms with Gasteiger partial charge in [-0.15, -0.1) is 0 Å². The van der Waals surface area contributed by atoms with Crippen LogP contribution in [0.3, 0.4) is 0 Å². The van der Waals surface area contributed by atoms with Crippen molar-refractivity contribution in [1.29, 1.82) is 0 Å². The molecule has 0 aromatic carbocycles. The van der Waals surface area contributed by atoms with Gasteiger partial charge in [0.2, 0.25) is 0 Å². The molecule has 308 valence electrons. The van der Waals surface area contributed by atoms with E-state index in [0.29, 0.717) is 36.2 Å². The van der Waals surface area contributed by atoms with Crippen LogP contribution in [0.2, 0.25) is 15.3 Å². The normalized spacial score (nSPS) is 17.1. The van der Waals surface area contributed by atoms with Gasteiger partial charge in [-0.2, -0.15) is 0 Å². The number of halogens is 3. The molecule has 57 heavy (non-hydrogen) atoms. The summed E-state index contributed by atoms with van der Waals surface area (Å²) in [5, 5.41) is 25.7. The van der Waals surface area contributed by atoms with E-state index in [0.717, 1.165) is 38.4 Å². The van der Waals surface area contributed by atoms with E-state index in [1.54, 1.807) is 34.1 Å². The molecule has 2 unspecified atom stereocenters. The summed E-state index contributed by atoms with van der Waals surface area (Å²) < 4.78 is 10.7. The zero-order chi connectivity index (χ0) is 42.2. The van der Waals surface area contributed by atoms with Crippen LogP contribution in [0, 0.1) is 20.2 Å². The van der Waals surface area contributed by atoms with Crippen molar-refractivity contribution in [3.63, 3.8) is 0 Å². The number of piperidine rings is 2. The minimum Gasteiger partial charge on any atom is -0.444 e. The van der Waals surface area contributed by atoms with E-state index in [1.807, 2.05) is 41.5 Å². The van der Waals surface area contributed by atoms with Crippen molar-refractivity contribution < 1.29 is 28.9 Å². The summed E-state index contributed by atoms with van der Waals surface area (Å²) in [6.07, 6.45) is 5.14. The topological polar surface area (TPSA) is 235 Å². The summed E-state index contributed by atoms with van der Waals surface area (Å²) in [6, 6.07) is 6.30. The van der Waals surface area contributed by atoms with Crippen LogP contribution in [0.15, 0.2) is 36.7 Å². The molecule has 4 aromatic rings. The van der Waals surface area contributed by atoms with Crippen molar-refractivity contribution in [3.05, 3.63) is 72.2 Å². The molecule has 0 saturated carbocycles. The summed E-state index contributed by atoms with van der Waals surface area (Å²) in [6.45, 7) is 13.4. The van der Waals surface area contributed by atoms with E-state index in [1.165, 1.54) is 6.20 Å². The maximum absolute atomic E-state index is 12.4. The number of nitrogens with two attached hydrogens (primary N) is 1. The highest BCUT2D eigenvalue weighted by Gasteiger charge is 2.30. The quantitative estimate of drug-likeness (QED) is 0.112. The standard InChI is InChI=1S/C18H22ClN5O4.C10H20N2O2.C8H3Cl2N3O2/c1-18(2,3)28-17(25)23-8-4-5-11(10-23)21-16-13(24(26)27)9-20-12-6-7-14(19)22-15(12)16;1-10(2,3)14-9(13)12-6-4-5-8(11)7-12;9-6-2-1-4-8(12-6)7(10)5(3-11-4)13(14)15/h6-7,9,11H,4-5,8,10H2,1-3H3,(H,20,21);8H,4-7,11H2,1-3H3;1-3H. The van der Waals surface area contributed by atoms with E-state index in [2.05, 4.69) is 25.3 Å². The maximum atomic E-state index is 12.4. The molecule has 0 radical (unpaired) electrons. The molecular weight excluding hydrogens is 807 g/mol. The van der Waals surface area contributed by atoms with Crippen LogP contribution in [0.1, 0.15) is 67.2 Å². The van der Waals surface area contributed by atoms with Crippen molar-refractivity contribution >= 4 is 86.1 Å². The Labute approximate surface area is 343 Å². The highest BCUT2D eigenvalue weighted by molar-refractivity contribution is 6.37. The van der Waals surface area contributed by atoms with E-state index >= 15 is 0 Å². The molecule has 0 bridgehead atoms. The molecule has 4 aromatic heterocycles. The lowest BCUT2D eigenvalue weighted by Crippen LogP contribution is -2.47. The molecule has 2 saturated heterocycles. The molecule has 2 amide bonds. The number of nitrogens with zero attached hydrogens (tertiary/aromatic N) is 8. The van der Waals surface area contributed by atoms with Gasteiger partial charge in [-0.05, 0) is 91.5 Å².